The Hall–Kier alpha value is -3.32. The first-order chi connectivity index (χ1) is 15.7. The fraction of sp³-hybridized carbons (Fsp3) is 0.360. The summed E-state index contributed by atoms with van der Waals surface area (Å²) in [7, 11) is 0. The molecule has 7 nitrogen and oxygen atoms in total. The molecule has 2 aromatic heterocycles. The minimum atomic E-state index is -0.715. The fourth-order valence-electron chi connectivity index (χ4n) is 5.27. The number of nitrogens with zero attached hydrogens (tertiary/aromatic N) is 5. The van der Waals surface area contributed by atoms with Crippen molar-refractivity contribution in [3.8, 4) is 11.4 Å². The van der Waals surface area contributed by atoms with Gasteiger partial charge in [0, 0.05) is 38.3 Å². The van der Waals surface area contributed by atoms with E-state index in [2.05, 4.69) is 27.0 Å². The molecule has 1 spiro atoms. The number of anilines is 1. The molecular weight excluding hydrogens is 402 g/mol. The molecule has 32 heavy (non-hydrogen) atoms. The summed E-state index contributed by atoms with van der Waals surface area (Å²) in [6.45, 7) is 1.38. The number of hydrogen-bond acceptors (Lipinski definition) is 6. The predicted octanol–water partition coefficient (Wildman–Crippen LogP) is 3.60. The molecule has 0 aliphatic carbocycles. The van der Waals surface area contributed by atoms with Crippen molar-refractivity contribution in [2.75, 3.05) is 18.0 Å². The monoisotopic (exact) mass is 427 g/mol. The average Bonchev–Trinajstić information content (AvgIpc) is 3.39. The lowest BCUT2D eigenvalue weighted by Gasteiger charge is -2.37. The maximum absolute atomic E-state index is 13.6. The number of carbonyl (C=O) groups excluding carboxylic acids is 1. The zero-order chi connectivity index (χ0) is 21.5. The first-order valence-corrected chi connectivity index (χ1v) is 11.3. The molecule has 6 rings (SSSR count). The van der Waals surface area contributed by atoms with Gasteiger partial charge in [0.1, 0.15) is 6.23 Å². The highest BCUT2D eigenvalue weighted by atomic mass is 16.6. The number of hydrogen-bond donors (Lipinski definition) is 0. The van der Waals surface area contributed by atoms with Gasteiger partial charge in [0.05, 0.1) is 17.4 Å². The molecule has 3 aliphatic rings. The van der Waals surface area contributed by atoms with Crippen molar-refractivity contribution >= 4 is 11.9 Å². The molecule has 0 saturated carbocycles. The molecular formula is C25H25N5O2. The normalized spacial score (nSPS) is 24.2. The van der Waals surface area contributed by atoms with Crippen molar-refractivity contribution in [3.63, 3.8) is 0 Å². The van der Waals surface area contributed by atoms with Gasteiger partial charge < -0.3 is 14.5 Å². The van der Waals surface area contributed by atoms with E-state index in [1.165, 1.54) is 5.56 Å². The standard InChI is InChI=1S/C25H25N5O2/c31-23-25(32-22-10-9-21(30(22)23)18-6-2-1-3-7-18)12-16-29(17-13-25)24-27-15-11-20(28-24)19-8-4-5-14-26-19/h1-8,11,14-15,21-22H,9-10,12-13,16-17H2/t21-,22+/m0/s1. The van der Waals surface area contributed by atoms with Gasteiger partial charge in [-0.2, -0.15) is 0 Å². The maximum Gasteiger partial charge on any atom is 0.257 e. The van der Waals surface area contributed by atoms with Crippen LogP contribution in [0.5, 0.6) is 0 Å². The van der Waals surface area contributed by atoms with Crippen LogP contribution in [0.1, 0.15) is 37.3 Å². The second kappa shape index (κ2) is 7.67. The van der Waals surface area contributed by atoms with Gasteiger partial charge in [-0.05, 0) is 36.6 Å². The Bertz CT molecular complexity index is 1120. The quantitative estimate of drug-likeness (QED) is 0.636. The Morgan fingerprint density at radius 1 is 0.875 bits per heavy atom. The van der Waals surface area contributed by atoms with Crippen LogP contribution in [0.25, 0.3) is 11.4 Å². The maximum atomic E-state index is 13.6. The molecule has 162 valence electrons. The molecule has 0 N–H and O–H groups in total. The van der Waals surface area contributed by atoms with Crippen LogP contribution in [0.2, 0.25) is 0 Å². The highest BCUT2D eigenvalue weighted by molar-refractivity contribution is 5.88. The van der Waals surface area contributed by atoms with E-state index in [4.69, 9.17) is 9.72 Å². The largest absolute Gasteiger partial charge is 0.342 e. The molecule has 0 radical (unpaired) electrons. The van der Waals surface area contributed by atoms with Gasteiger partial charge in [-0.1, -0.05) is 36.4 Å². The summed E-state index contributed by atoms with van der Waals surface area (Å²) in [6, 6.07) is 18.1. The first-order valence-electron chi connectivity index (χ1n) is 11.3. The van der Waals surface area contributed by atoms with E-state index in [0.29, 0.717) is 31.9 Å². The number of rotatable bonds is 3. The van der Waals surface area contributed by atoms with Gasteiger partial charge in [0.25, 0.3) is 5.91 Å². The number of ether oxygens (including phenoxy) is 1. The SMILES string of the molecule is O=C1N2[C@@H](CC[C@H]2c2ccccc2)OC12CCN(c1nccc(-c3ccccn3)n1)CC2. The zero-order valence-corrected chi connectivity index (χ0v) is 17.8. The third-order valence-electron chi connectivity index (χ3n) is 6.93. The van der Waals surface area contributed by atoms with Crippen molar-refractivity contribution in [2.24, 2.45) is 0 Å². The van der Waals surface area contributed by atoms with E-state index in [-0.39, 0.29) is 18.2 Å². The molecule has 3 aliphatic heterocycles. The number of fused-ring (bicyclic) bond motifs is 1. The molecule has 0 bridgehead atoms. The van der Waals surface area contributed by atoms with Crippen LogP contribution in [0.3, 0.4) is 0 Å². The van der Waals surface area contributed by atoms with Gasteiger partial charge in [-0.15, -0.1) is 0 Å². The Balaban J connectivity index is 1.18. The van der Waals surface area contributed by atoms with Gasteiger partial charge in [0.2, 0.25) is 5.95 Å². The molecule has 1 aromatic carbocycles. The number of benzene rings is 1. The average molecular weight is 428 g/mol. The van der Waals surface area contributed by atoms with Crippen LogP contribution >= 0.6 is 0 Å². The van der Waals surface area contributed by atoms with Crippen LogP contribution in [0.15, 0.2) is 67.0 Å². The van der Waals surface area contributed by atoms with Crippen LogP contribution in [0, 0.1) is 0 Å². The second-order valence-electron chi connectivity index (χ2n) is 8.73. The molecule has 0 unspecified atom stereocenters. The number of piperidine rings is 1. The second-order valence-corrected chi connectivity index (χ2v) is 8.73. The summed E-state index contributed by atoms with van der Waals surface area (Å²) in [5.41, 5.74) is 2.11. The molecule has 3 aromatic rings. The summed E-state index contributed by atoms with van der Waals surface area (Å²) in [4.78, 5) is 31.3. The molecule has 7 heteroatoms. The fourth-order valence-corrected chi connectivity index (χ4v) is 5.27. The minimum Gasteiger partial charge on any atom is -0.342 e. The van der Waals surface area contributed by atoms with Crippen LogP contribution in [-0.4, -0.2) is 50.7 Å². The van der Waals surface area contributed by atoms with E-state index in [9.17, 15) is 4.79 Å². The van der Waals surface area contributed by atoms with Gasteiger partial charge >= 0.3 is 0 Å². The van der Waals surface area contributed by atoms with Crippen molar-refractivity contribution in [1.29, 1.82) is 0 Å². The van der Waals surface area contributed by atoms with Crippen molar-refractivity contribution in [3.05, 3.63) is 72.6 Å². The summed E-state index contributed by atoms with van der Waals surface area (Å²) >= 11 is 0. The lowest BCUT2D eigenvalue weighted by atomic mass is 9.89. The van der Waals surface area contributed by atoms with Crippen LogP contribution < -0.4 is 4.90 Å². The summed E-state index contributed by atoms with van der Waals surface area (Å²) in [5, 5.41) is 0. The van der Waals surface area contributed by atoms with Crippen LogP contribution in [-0.2, 0) is 9.53 Å². The summed E-state index contributed by atoms with van der Waals surface area (Å²) in [5.74, 6) is 0.827. The number of amides is 1. The Labute approximate surface area is 187 Å². The van der Waals surface area contributed by atoms with Gasteiger partial charge in [-0.3, -0.25) is 9.78 Å². The van der Waals surface area contributed by atoms with Crippen molar-refractivity contribution < 1.29 is 9.53 Å². The van der Waals surface area contributed by atoms with Gasteiger partial charge in [-0.25, -0.2) is 9.97 Å². The van der Waals surface area contributed by atoms with Crippen LogP contribution in [0.4, 0.5) is 5.95 Å². The molecule has 3 fully saturated rings. The molecule has 5 heterocycles. The lowest BCUT2D eigenvalue weighted by molar-refractivity contribution is -0.140. The van der Waals surface area contributed by atoms with E-state index >= 15 is 0 Å². The smallest absolute Gasteiger partial charge is 0.257 e. The van der Waals surface area contributed by atoms with Crippen molar-refractivity contribution in [1.82, 2.24) is 19.9 Å². The number of carbonyl (C=O) groups is 1. The molecule has 1 amide bonds. The number of aromatic nitrogens is 3. The molecule has 3 saturated heterocycles. The Morgan fingerprint density at radius 3 is 2.47 bits per heavy atom. The minimum absolute atomic E-state index is 0.108. The van der Waals surface area contributed by atoms with Crippen molar-refractivity contribution in [2.45, 2.75) is 43.6 Å². The zero-order valence-electron chi connectivity index (χ0n) is 17.8. The summed E-state index contributed by atoms with van der Waals surface area (Å²) in [6.07, 6.45) is 6.58. The highest BCUT2D eigenvalue weighted by Gasteiger charge is 2.58. The summed E-state index contributed by atoms with van der Waals surface area (Å²) < 4.78 is 6.45. The third kappa shape index (κ3) is 3.15. The Morgan fingerprint density at radius 2 is 1.69 bits per heavy atom. The van der Waals surface area contributed by atoms with E-state index in [1.54, 1.807) is 12.4 Å². The van der Waals surface area contributed by atoms with E-state index in [0.717, 1.165) is 24.2 Å². The molecule has 2 atom stereocenters. The first kappa shape index (κ1) is 19.4. The van der Waals surface area contributed by atoms with Gasteiger partial charge in [0.15, 0.2) is 5.60 Å². The highest BCUT2D eigenvalue weighted by Crippen LogP contribution is 2.47. The number of pyridine rings is 1. The van der Waals surface area contributed by atoms with E-state index < -0.39 is 5.60 Å². The third-order valence-corrected chi connectivity index (χ3v) is 6.93. The Kier molecular flexibility index (Phi) is 4.64. The lowest BCUT2D eigenvalue weighted by Crippen LogP contribution is -2.50. The van der Waals surface area contributed by atoms with E-state index in [1.807, 2.05) is 47.4 Å². The topological polar surface area (TPSA) is 71.5 Å². The predicted molar refractivity (Wildman–Crippen MR) is 120 cm³/mol.